The summed E-state index contributed by atoms with van der Waals surface area (Å²) < 4.78 is 1.88. The fraction of sp³-hybridized carbons (Fsp3) is 0.286. The molecule has 0 radical (unpaired) electrons. The van der Waals surface area contributed by atoms with E-state index in [1.54, 1.807) is 12.1 Å². The van der Waals surface area contributed by atoms with Crippen LogP contribution in [-0.2, 0) is 22.6 Å². The maximum absolute atomic E-state index is 12.6. The van der Waals surface area contributed by atoms with Crippen molar-refractivity contribution in [2.45, 2.75) is 32.7 Å². The van der Waals surface area contributed by atoms with Crippen LogP contribution in [-0.4, -0.2) is 27.9 Å². The number of hydrogen-bond donors (Lipinski definition) is 2. The highest BCUT2D eigenvalue weighted by atomic mass is 35.5. The monoisotopic (exact) mass is 398 g/mol. The van der Waals surface area contributed by atoms with Crippen LogP contribution in [0.5, 0.6) is 0 Å². The number of carbonyl (C=O) groups is 2. The third-order valence-corrected chi connectivity index (χ3v) is 4.66. The smallest absolute Gasteiger partial charge is 0.244 e. The second-order valence-corrected chi connectivity index (χ2v) is 6.89. The summed E-state index contributed by atoms with van der Waals surface area (Å²) >= 11 is 6.13. The molecule has 3 rings (SSSR count). The van der Waals surface area contributed by atoms with Crippen LogP contribution in [0.4, 0.5) is 5.69 Å². The Labute approximate surface area is 168 Å². The minimum absolute atomic E-state index is 0.0293. The van der Waals surface area contributed by atoms with Gasteiger partial charge in [-0.2, -0.15) is 0 Å². The molecular weight excluding hydrogens is 376 g/mol. The molecule has 0 aliphatic rings. The Kier molecular flexibility index (Phi) is 6.66. The molecular formula is C21H23ClN4O2. The molecule has 0 aliphatic heterocycles. The number of rotatable bonds is 8. The molecule has 2 aromatic carbocycles. The van der Waals surface area contributed by atoms with E-state index in [0.29, 0.717) is 30.1 Å². The van der Waals surface area contributed by atoms with E-state index in [9.17, 15) is 9.59 Å². The summed E-state index contributed by atoms with van der Waals surface area (Å²) in [6.07, 6.45) is 1.87. The fourth-order valence-corrected chi connectivity index (χ4v) is 3.20. The van der Waals surface area contributed by atoms with Gasteiger partial charge in [-0.3, -0.25) is 9.59 Å². The van der Waals surface area contributed by atoms with E-state index < -0.39 is 0 Å². The van der Waals surface area contributed by atoms with Gasteiger partial charge in [0.1, 0.15) is 12.4 Å². The first kappa shape index (κ1) is 19.9. The van der Waals surface area contributed by atoms with E-state index in [4.69, 9.17) is 11.6 Å². The second-order valence-electron chi connectivity index (χ2n) is 6.48. The fourth-order valence-electron chi connectivity index (χ4n) is 3.02. The average molecular weight is 399 g/mol. The van der Waals surface area contributed by atoms with E-state index in [1.165, 1.54) is 0 Å². The number of carbonyl (C=O) groups excluding carboxylic acids is 2. The van der Waals surface area contributed by atoms with Gasteiger partial charge >= 0.3 is 0 Å². The first-order chi connectivity index (χ1) is 13.6. The number of halogens is 1. The maximum atomic E-state index is 12.6. The molecule has 6 nitrogen and oxygen atoms in total. The highest BCUT2D eigenvalue weighted by molar-refractivity contribution is 6.33. The Morgan fingerprint density at radius 3 is 2.61 bits per heavy atom. The molecule has 2 N–H and O–H groups in total. The van der Waals surface area contributed by atoms with Crippen LogP contribution in [0, 0.1) is 0 Å². The quantitative estimate of drug-likeness (QED) is 0.606. The van der Waals surface area contributed by atoms with Gasteiger partial charge in [-0.05, 0) is 30.7 Å². The minimum atomic E-state index is -0.187. The van der Waals surface area contributed by atoms with Crippen molar-refractivity contribution in [1.29, 1.82) is 0 Å². The topological polar surface area (TPSA) is 76.0 Å². The summed E-state index contributed by atoms with van der Waals surface area (Å²) in [6.45, 7) is 2.56. The van der Waals surface area contributed by atoms with Gasteiger partial charge in [-0.1, -0.05) is 42.8 Å². The van der Waals surface area contributed by atoms with E-state index >= 15 is 0 Å². The number of benzene rings is 2. The summed E-state index contributed by atoms with van der Waals surface area (Å²) in [4.78, 5) is 28.9. The van der Waals surface area contributed by atoms with Gasteiger partial charge in [0.2, 0.25) is 11.8 Å². The van der Waals surface area contributed by atoms with Crippen LogP contribution in [0.3, 0.4) is 0 Å². The summed E-state index contributed by atoms with van der Waals surface area (Å²) in [5.41, 5.74) is 2.28. The third-order valence-electron chi connectivity index (χ3n) is 4.33. The number of fused-ring (bicyclic) bond motifs is 1. The number of anilines is 1. The molecule has 28 heavy (non-hydrogen) atoms. The number of imidazole rings is 1. The summed E-state index contributed by atoms with van der Waals surface area (Å²) in [5, 5.41) is 6.23. The molecule has 0 spiro atoms. The zero-order chi connectivity index (χ0) is 19.9. The van der Waals surface area contributed by atoms with Gasteiger partial charge in [0.15, 0.2) is 0 Å². The molecule has 0 bridgehead atoms. The Morgan fingerprint density at radius 1 is 1.07 bits per heavy atom. The lowest BCUT2D eigenvalue weighted by molar-refractivity contribution is -0.121. The molecule has 0 unspecified atom stereocenters. The lowest BCUT2D eigenvalue weighted by Crippen LogP contribution is -2.27. The van der Waals surface area contributed by atoms with Crippen LogP contribution < -0.4 is 10.6 Å². The summed E-state index contributed by atoms with van der Waals surface area (Å²) in [7, 11) is 0. The van der Waals surface area contributed by atoms with E-state index in [-0.39, 0.29) is 18.4 Å². The van der Waals surface area contributed by atoms with Crippen molar-refractivity contribution in [2.75, 3.05) is 11.9 Å². The van der Waals surface area contributed by atoms with E-state index in [0.717, 1.165) is 23.3 Å². The Balaban J connectivity index is 1.76. The van der Waals surface area contributed by atoms with E-state index in [1.807, 2.05) is 47.9 Å². The number of para-hydroxylation sites is 3. The highest BCUT2D eigenvalue weighted by Gasteiger charge is 2.14. The lowest BCUT2D eigenvalue weighted by Gasteiger charge is -2.11. The van der Waals surface area contributed by atoms with Crippen LogP contribution >= 0.6 is 11.6 Å². The Morgan fingerprint density at radius 2 is 1.82 bits per heavy atom. The molecule has 1 aromatic heterocycles. The van der Waals surface area contributed by atoms with Crippen molar-refractivity contribution in [3.05, 3.63) is 59.4 Å². The van der Waals surface area contributed by atoms with Crippen LogP contribution in [0.15, 0.2) is 48.5 Å². The van der Waals surface area contributed by atoms with Crippen molar-refractivity contribution >= 4 is 40.1 Å². The lowest BCUT2D eigenvalue weighted by atomic mass is 10.3. The molecule has 146 valence electrons. The molecule has 0 saturated carbocycles. The van der Waals surface area contributed by atoms with Gasteiger partial charge in [0.25, 0.3) is 0 Å². The molecule has 0 fully saturated rings. The summed E-state index contributed by atoms with van der Waals surface area (Å²) in [6, 6.07) is 14.8. The predicted octanol–water partition coefficient (Wildman–Crippen LogP) is 3.79. The summed E-state index contributed by atoms with van der Waals surface area (Å²) in [5.74, 6) is 0.599. The number of amides is 2. The first-order valence-electron chi connectivity index (χ1n) is 9.33. The normalized spacial score (nSPS) is 10.8. The zero-order valence-electron chi connectivity index (χ0n) is 15.7. The van der Waals surface area contributed by atoms with Gasteiger partial charge in [0.05, 0.1) is 21.7 Å². The van der Waals surface area contributed by atoms with Gasteiger partial charge < -0.3 is 15.2 Å². The number of aromatic nitrogens is 2. The Bertz CT molecular complexity index is 983. The van der Waals surface area contributed by atoms with Crippen LogP contribution in [0.2, 0.25) is 5.02 Å². The van der Waals surface area contributed by atoms with E-state index in [2.05, 4.69) is 15.6 Å². The average Bonchev–Trinajstić information content (AvgIpc) is 3.01. The van der Waals surface area contributed by atoms with Crippen LogP contribution in [0.1, 0.15) is 25.6 Å². The molecule has 0 atom stereocenters. The standard InChI is InChI=1S/C21H23ClN4O2/c1-2-7-20(27)23-13-12-19-24-17-10-5-6-11-18(17)26(19)14-21(28)25-16-9-4-3-8-15(16)22/h3-6,8-11H,2,7,12-14H2,1H3,(H,23,27)(H,25,28). The minimum Gasteiger partial charge on any atom is -0.356 e. The Hall–Kier alpha value is -2.86. The van der Waals surface area contributed by atoms with Crippen LogP contribution in [0.25, 0.3) is 11.0 Å². The van der Waals surface area contributed by atoms with Gasteiger partial charge in [-0.25, -0.2) is 4.98 Å². The number of nitrogens with zero attached hydrogens (tertiary/aromatic N) is 2. The second kappa shape index (κ2) is 9.37. The van der Waals surface area contributed by atoms with Crippen molar-refractivity contribution in [2.24, 2.45) is 0 Å². The van der Waals surface area contributed by atoms with Crippen molar-refractivity contribution in [3.63, 3.8) is 0 Å². The largest absolute Gasteiger partial charge is 0.356 e. The predicted molar refractivity (Wildman–Crippen MR) is 111 cm³/mol. The zero-order valence-corrected chi connectivity index (χ0v) is 16.5. The molecule has 1 heterocycles. The van der Waals surface area contributed by atoms with Crippen molar-refractivity contribution in [1.82, 2.24) is 14.9 Å². The number of hydrogen-bond acceptors (Lipinski definition) is 3. The van der Waals surface area contributed by atoms with Gasteiger partial charge in [0, 0.05) is 19.4 Å². The molecule has 3 aromatic rings. The van der Waals surface area contributed by atoms with Crippen molar-refractivity contribution in [3.8, 4) is 0 Å². The molecule has 7 heteroatoms. The molecule has 0 aliphatic carbocycles. The highest BCUT2D eigenvalue weighted by Crippen LogP contribution is 2.21. The third kappa shape index (κ3) is 4.89. The SMILES string of the molecule is CCCC(=O)NCCc1nc2ccccc2n1CC(=O)Nc1ccccc1Cl. The first-order valence-corrected chi connectivity index (χ1v) is 9.71. The number of nitrogens with one attached hydrogen (secondary N) is 2. The molecule has 0 saturated heterocycles. The van der Waals surface area contributed by atoms with Crippen molar-refractivity contribution < 1.29 is 9.59 Å². The van der Waals surface area contributed by atoms with Gasteiger partial charge in [-0.15, -0.1) is 0 Å². The molecule has 2 amide bonds. The maximum Gasteiger partial charge on any atom is 0.244 e.